The number of phenols is 1. The van der Waals surface area contributed by atoms with Crippen LogP contribution in [0, 0.1) is 5.92 Å². The lowest BCUT2D eigenvalue weighted by molar-refractivity contribution is -0.116. The van der Waals surface area contributed by atoms with E-state index in [4.69, 9.17) is 0 Å². The highest BCUT2D eigenvalue weighted by Crippen LogP contribution is 2.22. The topological polar surface area (TPSA) is 65.5 Å². The van der Waals surface area contributed by atoms with Gasteiger partial charge in [-0.2, -0.15) is 0 Å². The van der Waals surface area contributed by atoms with E-state index in [2.05, 4.69) is 22.1 Å². The minimum Gasteiger partial charge on any atom is -0.508 e. The second-order valence-electron chi connectivity index (χ2n) is 6.78. The van der Waals surface area contributed by atoms with E-state index >= 15 is 0 Å². The van der Waals surface area contributed by atoms with Crippen molar-refractivity contribution in [3.05, 3.63) is 40.9 Å². The zero-order valence-corrected chi connectivity index (χ0v) is 15.4. The molecule has 3 rings (SSSR count). The molecule has 0 spiro atoms. The smallest absolute Gasteiger partial charge is 0.226 e. The molecular weight excluding hydrogens is 334 g/mol. The number of hydrogen-bond acceptors (Lipinski definition) is 5. The van der Waals surface area contributed by atoms with Crippen LogP contribution in [0.25, 0.3) is 0 Å². The molecule has 0 unspecified atom stereocenters. The second-order valence-corrected chi connectivity index (χ2v) is 7.64. The van der Waals surface area contributed by atoms with E-state index in [1.54, 1.807) is 12.1 Å². The third-order valence-corrected chi connectivity index (χ3v) is 5.48. The minimum atomic E-state index is -0.0732. The molecule has 1 aliphatic rings. The quantitative estimate of drug-likeness (QED) is 0.826. The number of likely N-dealkylation sites (tertiary alicyclic amines) is 1. The van der Waals surface area contributed by atoms with Crippen LogP contribution in [0.1, 0.15) is 37.4 Å². The highest BCUT2D eigenvalue weighted by Gasteiger charge is 2.17. The lowest BCUT2D eigenvalue weighted by Crippen LogP contribution is -2.32. The largest absolute Gasteiger partial charge is 0.508 e. The fraction of sp³-hybridized carbons (Fsp3) is 0.474. The Kier molecular flexibility index (Phi) is 6.04. The van der Waals surface area contributed by atoms with Gasteiger partial charge in [0.1, 0.15) is 5.75 Å². The third kappa shape index (κ3) is 5.28. The van der Waals surface area contributed by atoms with E-state index in [1.165, 1.54) is 24.2 Å². The molecule has 2 heterocycles. The molecule has 1 fully saturated rings. The number of anilines is 1. The molecule has 0 saturated carbocycles. The van der Waals surface area contributed by atoms with Gasteiger partial charge in [-0.3, -0.25) is 9.69 Å². The molecule has 6 heteroatoms. The van der Waals surface area contributed by atoms with Crippen LogP contribution < -0.4 is 5.32 Å². The number of nitrogens with zero attached hydrogens (tertiary/aromatic N) is 2. The molecule has 0 aliphatic carbocycles. The molecule has 134 valence electrons. The van der Waals surface area contributed by atoms with Gasteiger partial charge < -0.3 is 10.4 Å². The van der Waals surface area contributed by atoms with Crippen LogP contribution >= 0.6 is 11.3 Å². The van der Waals surface area contributed by atoms with Crippen molar-refractivity contribution in [1.29, 1.82) is 0 Å². The number of hydrogen-bond donors (Lipinski definition) is 2. The van der Waals surface area contributed by atoms with Gasteiger partial charge >= 0.3 is 0 Å². The van der Waals surface area contributed by atoms with Gasteiger partial charge in [-0.15, -0.1) is 11.3 Å². The van der Waals surface area contributed by atoms with E-state index < -0.39 is 0 Å². The average Bonchev–Trinajstić information content (AvgIpc) is 3.03. The number of piperidine rings is 1. The summed E-state index contributed by atoms with van der Waals surface area (Å²) >= 11 is 1.47. The number of amides is 1. The lowest BCUT2D eigenvalue weighted by Gasteiger charge is -2.29. The summed E-state index contributed by atoms with van der Waals surface area (Å²) in [5.41, 5.74) is 1.81. The van der Waals surface area contributed by atoms with E-state index in [0.717, 1.165) is 36.8 Å². The highest BCUT2D eigenvalue weighted by atomic mass is 32.1. The van der Waals surface area contributed by atoms with Crippen LogP contribution in [-0.4, -0.2) is 34.0 Å². The number of aromatic hydroxyl groups is 1. The SMILES string of the molecule is CC1CCN(Cc2csc(NC(=O)CCc3ccccc3O)n2)CC1. The van der Waals surface area contributed by atoms with E-state index in [9.17, 15) is 9.90 Å². The Hall–Kier alpha value is -1.92. The second kappa shape index (κ2) is 8.45. The average molecular weight is 359 g/mol. The maximum atomic E-state index is 12.1. The normalized spacial score (nSPS) is 16.0. The summed E-state index contributed by atoms with van der Waals surface area (Å²) in [6, 6.07) is 7.12. The summed E-state index contributed by atoms with van der Waals surface area (Å²) < 4.78 is 0. The summed E-state index contributed by atoms with van der Waals surface area (Å²) in [5, 5.41) is 15.3. The fourth-order valence-corrected chi connectivity index (χ4v) is 3.76. The van der Waals surface area contributed by atoms with Crippen molar-refractivity contribution in [3.63, 3.8) is 0 Å². The minimum absolute atomic E-state index is 0.0732. The van der Waals surface area contributed by atoms with Crippen molar-refractivity contribution in [3.8, 4) is 5.75 Å². The lowest BCUT2D eigenvalue weighted by atomic mass is 9.99. The van der Waals surface area contributed by atoms with Gasteiger partial charge in [-0.05, 0) is 49.9 Å². The Morgan fingerprint density at radius 2 is 2.12 bits per heavy atom. The summed E-state index contributed by atoms with van der Waals surface area (Å²) in [7, 11) is 0. The molecule has 0 bridgehead atoms. The molecule has 1 amide bonds. The number of aryl methyl sites for hydroxylation is 1. The van der Waals surface area contributed by atoms with Gasteiger partial charge in [0, 0.05) is 18.3 Å². The van der Waals surface area contributed by atoms with Gasteiger partial charge in [-0.1, -0.05) is 25.1 Å². The maximum Gasteiger partial charge on any atom is 0.226 e. The fourth-order valence-electron chi connectivity index (χ4n) is 3.04. The zero-order chi connectivity index (χ0) is 17.6. The molecule has 0 radical (unpaired) electrons. The Morgan fingerprint density at radius 1 is 1.36 bits per heavy atom. The van der Waals surface area contributed by atoms with Crippen molar-refractivity contribution < 1.29 is 9.90 Å². The molecule has 25 heavy (non-hydrogen) atoms. The molecule has 1 aromatic carbocycles. The van der Waals surface area contributed by atoms with Crippen molar-refractivity contribution in [2.45, 2.75) is 39.2 Å². The summed E-state index contributed by atoms with van der Waals surface area (Å²) in [4.78, 5) is 19.1. The first kappa shape index (κ1) is 17.9. The first-order valence-electron chi connectivity index (χ1n) is 8.83. The van der Waals surface area contributed by atoms with Crippen LogP contribution in [0.4, 0.5) is 5.13 Å². The summed E-state index contributed by atoms with van der Waals surface area (Å²) in [6.07, 6.45) is 3.35. The van der Waals surface area contributed by atoms with Crippen LogP contribution in [0.2, 0.25) is 0 Å². The Balaban J connectivity index is 1.46. The van der Waals surface area contributed by atoms with Gasteiger partial charge in [0.05, 0.1) is 5.69 Å². The molecule has 0 atom stereocenters. The van der Waals surface area contributed by atoms with Crippen LogP contribution in [-0.2, 0) is 17.8 Å². The zero-order valence-electron chi connectivity index (χ0n) is 14.6. The van der Waals surface area contributed by atoms with Gasteiger partial charge in [0.25, 0.3) is 0 Å². The molecule has 1 saturated heterocycles. The molecule has 1 aromatic heterocycles. The van der Waals surface area contributed by atoms with Gasteiger partial charge in [0.15, 0.2) is 5.13 Å². The first-order valence-corrected chi connectivity index (χ1v) is 9.71. The van der Waals surface area contributed by atoms with Crippen molar-refractivity contribution >= 4 is 22.4 Å². The number of carbonyl (C=O) groups is 1. The molecule has 5 nitrogen and oxygen atoms in total. The predicted molar refractivity (Wildman–Crippen MR) is 101 cm³/mol. The number of rotatable bonds is 6. The maximum absolute atomic E-state index is 12.1. The van der Waals surface area contributed by atoms with Crippen molar-refractivity contribution in [2.24, 2.45) is 5.92 Å². The molecule has 2 aromatic rings. The molecule has 2 N–H and O–H groups in total. The molecular formula is C19H25N3O2S. The first-order chi connectivity index (χ1) is 12.1. The monoisotopic (exact) mass is 359 g/mol. The number of carbonyl (C=O) groups excluding carboxylic acids is 1. The number of para-hydroxylation sites is 1. The predicted octanol–water partition coefficient (Wildman–Crippen LogP) is 3.65. The van der Waals surface area contributed by atoms with E-state index in [0.29, 0.717) is 18.0 Å². The van der Waals surface area contributed by atoms with Crippen LogP contribution in [0.5, 0.6) is 5.75 Å². The third-order valence-electron chi connectivity index (χ3n) is 4.67. The number of nitrogens with one attached hydrogen (secondary N) is 1. The Labute approximate surface area is 152 Å². The van der Waals surface area contributed by atoms with Gasteiger partial charge in [0.2, 0.25) is 5.91 Å². The Morgan fingerprint density at radius 3 is 2.88 bits per heavy atom. The Bertz CT molecular complexity index is 708. The summed E-state index contributed by atoms with van der Waals surface area (Å²) in [6.45, 7) is 5.42. The van der Waals surface area contributed by atoms with Crippen molar-refractivity contribution in [1.82, 2.24) is 9.88 Å². The number of benzene rings is 1. The van der Waals surface area contributed by atoms with Crippen molar-refractivity contribution in [2.75, 3.05) is 18.4 Å². The standard InChI is InChI=1S/C19H25N3O2S/c1-14-8-10-22(11-9-14)12-16-13-25-19(20-16)21-18(24)7-6-15-4-2-3-5-17(15)23/h2-5,13-14,23H,6-12H2,1H3,(H,20,21,24). The number of aromatic nitrogens is 1. The van der Waals surface area contributed by atoms with Crippen LogP contribution in [0.3, 0.4) is 0 Å². The van der Waals surface area contributed by atoms with Gasteiger partial charge in [-0.25, -0.2) is 4.98 Å². The number of phenolic OH excluding ortho intramolecular Hbond substituents is 1. The summed E-state index contributed by atoms with van der Waals surface area (Å²) in [5.74, 6) is 0.990. The highest BCUT2D eigenvalue weighted by molar-refractivity contribution is 7.13. The van der Waals surface area contributed by atoms with Crippen LogP contribution in [0.15, 0.2) is 29.6 Å². The van der Waals surface area contributed by atoms with E-state index in [1.807, 2.05) is 17.5 Å². The number of thiazole rings is 1. The molecule has 1 aliphatic heterocycles. The van der Waals surface area contributed by atoms with E-state index in [-0.39, 0.29) is 11.7 Å².